The summed E-state index contributed by atoms with van der Waals surface area (Å²) in [7, 11) is 0. The molecule has 2 rings (SSSR count). The van der Waals surface area contributed by atoms with Crippen molar-refractivity contribution in [1.82, 2.24) is 15.1 Å². The molecule has 0 aliphatic carbocycles. The Bertz CT molecular complexity index is 287. The number of piperazine rings is 1. The SMILES string of the molecule is CC(C)C[C@@H]1CCN(CCC(=O)N2CCNCC2)C1. The molecule has 19 heavy (non-hydrogen) atoms. The summed E-state index contributed by atoms with van der Waals surface area (Å²) in [5.74, 6) is 2.00. The third-order valence-corrected chi connectivity index (χ3v) is 4.29. The molecule has 0 aromatic heterocycles. The first-order chi connectivity index (χ1) is 9.15. The summed E-state index contributed by atoms with van der Waals surface area (Å²) in [5, 5.41) is 3.29. The molecule has 1 N–H and O–H groups in total. The second-order valence-electron chi connectivity index (χ2n) is 6.47. The predicted octanol–water partition coefficient (Wildman–Crippen LogP) is 1.18. The highest BCUT2D eigenvalue weighted by atomic mass is 16.2. The van der Waals surface area contributed by atoms with Gasteiger partial charge >= 0.3 is 0 Å². The van der Waals surface area contributed by atoms with Crippen LogP contribution in [0.25, 0.3) is 0 Å². The van der Waals surface area contributed by atoms with Crippen LogP contribution in [0.4, 0.5) is 0 Å². The average molecular weight is 267 g/mol. The molecule has 0 radical (unpaired) electrons. The molecule has 0 unspecified atom stereocenters. The van der Waals surface area contributed by atoms with Crippen molar-refractivity contribution < 1.29 is 4.79 Å². The van der Waals surface area contributed by atoms with Crippen molar-refractivity contribution in [3.63, 3.8) is 0 Å². The zero-order valence-corrected chi connectivity index (χ0v) is 12.5. The molecule has 1 atom stereocenters. The zero-order chi connectivity index (χ0) is 13.7. The van der Waals surface area contributed by atoms with E-state index >= 15 is 0 Å². The first kappa shape index (κ1) is 14.8. The number of nitrogens with zero attached hydrogens (tertiary/aromatic N) is 2. The summed E-state index contributed by atoms with van der Waals surface area (Å²) in [6.07, 6.45) is 3.36. The van der Waals surface area contributed by atoms with Gasteiger partial charge in [0.15, 0.2) is 0 Å². The van der Waals surface area contributed by atoms with E-state index in [1.165, 1.54) is 25.9 Å². The van der Waals surface area contributed by atoms with Crippen LogP contribution in [-0.2, 0) is 4.79 Å². The van der Waals surface area contributed by atoms with Crippen LogP contribution < -0.4 is 5.32 Å². The van der Waals surface area contributed by atoms with E-state index in [1.807, 2.05) is 4.90 Å². The van der Waals surface area contributed by atoms with Gasteiger partial charge in [0.25, 0.3) is 0 Å². The van der Waals surface area contributed by atoms with Crippen molar-refractivity contribution in [2.75, 3.05) is 45.8 Å². The highest BCUT2D eigenvalue weighted by molar-refractivity contribution is 5.76. The van der Waals surface area contributed by atoms with Crippen molar-refractivity contribution in [3.8, 4) is 0 Å². The molecule has 0 aromatic rings. The smallest absolute Gasteiger partial charge is 0.223 e. The number of amides is 1. The lowest BCUT2D eigenvalue weighted by Crippen LogP contribution is -2.47. The maximum Gasteiger partial charge on any atom is 0.223 e. The fraction of sp³-hybridized carbons (Fsp3) is 0.933. The van der Waals surface area contributed by atoms with Crippen molar-refractivity contribution in [2.45, 2.75) is 33.1 Å². The second-order valence-corrected chi connectivity index (χ2v) is 6.47. The number of rotatable bonds is 5. The maximum absolute atomic E-state index is 12.1. The van der Waals surface area contributed by atoms with E-state index in [0.717, 1.165) is 44.6 Å². The number of nitrogens with one attached hydrogen (secondary N) is 1. The lowest BCUT2D eigenvalue weighted by atomic mass is 9.97. The molecule has 2 aliphatic rings. The van der Waals surface area contributed by atoms with Crippen molar-refractivity contribution in [3.05, 3.63) is 0 Å². The van der Waals surface area contributed by atoms with E-state index in [1.54, 1.807) is 0 Å². The molecule has 0 bridgehead atoms. The molecule has 2 heterocycles. The van der Waals surface area contributed by atoms with Crippen LogP contribution in [0, 0.1) is 11.8 Å². The Morgan fingerprint density at radius 2 is 2.00 bits per heavy atom. The molecular formula is C15H29N3O. The minimum absolute atomic E-state index is 0.341. The van der Waals surface area contributed by atoms with Gasteiger partial charge in [0.1, 0.15) is 0 Å². The molecule has 4 heteroatoms. The fourth-order valence-electron chi connectivity index (χ4n) is 3.30. The number of likely N-dealkylation sites (tertiary alicyclic amines) is 1. The van der Waals surface area contributed by atoms with Gasteiger partial charge in [-0.25, -0.2) is 0 Å². The molecule has 0 spiro atoms. The van der Waals surface area contributed by atoms with Gasteiger partial charge in [0.2, 0.25) is 5.91 Å². The first-order valence-corrected chi connectivity index (χ1v) is 7.86. The molecule has 110 valence electrons. The van der Waals surface area contributed by atoms with Crippen LogP contribution in [0.3, 0.4) is 0 Å². The lowest BCUT2D eigenvalue weighted by Gasteiger charge is -2.28. The molecular weight excluding hydrogens is 238 g/mol. The summed E-state index contributed by atoms with van der Waals surface area (Å²) in [6, 6.07) is 0. The van der Waals surface area contributed by atoms with Gasteiger partial charge in [0, 0.05) is 45.7 Å². The van der Waals surface area contributed by atoms with E-state index in [4.69, 9.17) is 0 Å². The van der Waals surface area contributed by atoms with Gasteiger partial charge in [0.05, 0.1) is 0 Å². The van der Waals surface area contributed by atoms with Crippen LogP contribution in [0.15, 0.2) is 0 Å². The van der Waals surface area contributed by atoms with Gasteiger partial charge < -0.3 is 15.1 Å². The quantitative estimate of drug-likeness (QED) is 0.812. The molecule has 2 aliphatic heterocycles. The Balaban J connectivity index is 1.64. The second kappa shape index (κ2) is 7.25. The van der Waals surface area contributed by atoms with E-state index in [0.29, 0.717) is 12.3 Å². The number of carbonyl (C=O) groups excluding carboxylic acids is 1. The minimum Gasteiger partial charge on any atom is -0.340 e. The Hall–Kier alpha value is -0.610. The number of hydrogen-bond acceptors (Lipinski definition) is 3. The zero-order valence-electron chi connectivity index (χ0n) is 12.5. The topological polar surface area (TPSA) is 35.6 Å². The first-order valence-electron chi connectivity index (χ1n) is 7.86. The molecule has 2 saturated heterocycles. The Labute approximate surface area is 117 Å². The molecule has 0 aromatic carbocycles. The van der Waals surface area contributed by atoms with Crippen molar-refractivity contribution >= 4 is 5.91 Å². The summed E-state index contributed by atoms with van der Waals surface area (Å²) in [4.78, 5) is 16.6. The van der Waals surface area contributed by atoms with Crippen molar-refractivity contribution in [2.24, 2.45) is 11.8 Å². The lowest BCUT2D eigenvalue weighted by molar-refractivity contribution is -0.132. The highest BCUT2D eigenvalue weighted by Crippen LogP contribution is 2.23. The van der Waals surface area contributed by atoms with Gasteiger partial charge in [-0.15, -0.1) is 0 Å². The van der Waals surface area contributed by atoms with Crippen LogP contribution in [0.5, 0.6) is 0 Å². The molecule has 4 nitrogen and oxygen atoms in total. The maximum atomic E-state index is 12.1. The monoisotopic (exact) mass is 267 g/mol. The van der Waals surface area contributed by atoms with E-state index in [9.17, 15) is 4.79 Å². The van der Waals surface area contributed by atoms with Crippen LogP contribution in [0.2, 0.25) is 0 Å². The van der Waals surface area contributed by atoms with Gasteiger partial charge in [-0.2, -0.15) is 0 Å². The Morgan fingerprint density at radius 1 is 1.26 bits per heavy atom. The third kappa shape index (κ3) is 4.77. The average Bonchev–Trinajstić information content (AvgIpc) is 2.84. The molecule has 1 amide bonds. The van der Waals surface area contributed by atoms with E-state index in [-0.39, 0.29) is 0 Å². The van der Waals surface area contributed by atoms with E-state index in [2.05, 4.69) is 24.1 Å². The summed E-state index contributed by atoms with van der Waals surface area (Å²) >= 11 is 0. The van der Waals surface area contributed by atoms with Crippen LogP contribution in [0.1, 0.15) is 33.1 Å². The summed E-state index contributed by atoms with van der Waals surface area (Å²) in [5.41, 5.74) is 0. The van der Waals surface area contributed by atoms with Gasteiger partial charge in [-0.05, 0) is 31.2 Å². The predicted molar refractivity (Wildman–Crippen MR) is 78.1 cm³/mol. The highest BCUT2D eigenvalue weighted by Gasteiger charge is 2.24. The van der Waals surface area contributed by atoms with Gasteiger partial charge in [-0.1, -0.05) is 13.8 Å². The largest absolute Gasteiger partial charge is 0.340 e. The number of carbonyl (C=O) groups is 1. The minimum atomic E-state index is 0.341. The molecule has 0 saturated carbocycles. The normalized spacial score (nSPS) is 25.2. The Morgan fingerprint density at radius 3 is 2.68 bits per heavy atom. The van der Waals surface area contributed by atoms with Crippen LogP contribution in [-0.4, -0.2) is 61.5 Å². The fourth-order valence-corrected chi connectivity index (χ4v) is 3.30. The van der Waals surface area contributed by atoms with E-state index < -0.39 is 0 Å². The van der Waals surface area contributed by atoms with Gasteiger partial charge in [-0.3, -0.25) is 4.79 Å². The molecule has 2 fully saturated rings. The number of hydrogen-bond donors (Lipinski definition) is 1. The van der Waals surface area contributed by atoms with Crippen molar-refractivity contribution in [1.29, 1.82) is 0 Å². The Kier molecular flexibility index (Phi) is 5.64. The summed E-state index contributed by atoms with van der Waals surface area (Å²) in [6.45, 7) is 11.6. The summed E-state index contributed by atoms with van der Waals surface area (Å²) < 4.78 is 0. The third-order valence-electron chi connectivity index (χ3n) is 4.29. The standard InChI is InChI=1S/C15H29N3O/c1-13(2)11-14-3-7-17(12-14)8-4-15(19)18-9-5-16-6-10-18/h13-14,16H,3-12H2,1-2H3/t14-/m0/s1. The van der Waals surface area contributed by atoms with Crippen LogP contribution >= 0.6 is 0 Å².